The van der Waals surface area contributed by atoms with Crippen LogP contribution < -0.4 is 10.6 Å². The monoisotopic (exact) mass is 423 g/mol. The Hall–Kier alpha value is -3.11. The molecule has 3 rings (SSSR count). The fraction of sp³-hybridized carbons (Fsp3) is 0.261. The minimum Gasteiger partial charge on any atom is -0.325 e. The van der Waals surface area contributed by atoms with E-state index in [2.05, 4.69) is 16.7 Å². The number of nitrogens with one attached hydrogen (secondary N) is 2. The van der Waals surface area contributed by atoms with Crippen LogP contribution in [0.1, 0.15) is 34.6 Å². The lowest BCUT2D eigenvalue weighted by Crippen LogP contribution is -2.31. The summed E-state index contributed by atoms with van der Waals surface area (Å²) in [5.41, 5.74) is 4.38. The first kappa shape index (κ1) is 21.6. The first-order valence-electron chi connectivity index (χ1n) is 9.49. The van der Waals surface area contributed by atoms with Crippen LogP contribution in [0.4, 0.5) is 10.1 Å². The van der Waals surface area contributed by atoms with Crippen LogP contribution in [0.3, 0.4) is 0 Å². The highest BCUT2D eigenvalue weighted by Crippen LogP contribution is 2.37. The van der Waals surface area contributed by atoms with Gasteiger partial charge in [0.1, 0.15) is 5.82 Å². The van der Waals surface area contributed by atoms with Crippen LogP contribution in [0.15, 0.2) is 47.0 Å². The fourth-order valence-electron chi connectivity index (χ4n) is 3.65. The number of nitrogens with zero attached hydrogens (tertiary/aromatic N) is 1. The lowest BCUT2D eigenvalue weighted by molar-refractivity contribution is -0.121. The second-order valence-corrected chi connectivity index (χ2v) is 8.28. The van der Waals surface area contributed by atoms with Gasteiger partial charge in [-0.1, -0.05) is 47.7 Å². The Morgan fingerprint density at radius 1 is 1.27 bits per heavy atom. The third-order valence-electron chi connectivity index (χ3n) is 4.93. The second-order valence-electron chi connectivity index (χ2n) is 7.29. The quantitative estimate of drug-likeness (QED) is 0.744. The van der Waals surface area contributed by atoms with Crippen molar-refractivity contribution in [3.8, 4) is 6.07 Å². The summed E-state index contributed by atoms with van der Waals surface area (Å²) in [5, 5.41) is 15.5. The number of carbonyl (C=O) groups is 2. The highest BCUT2D eigenvalue weighted by Gasteiger charge is 2.31. The van der Waals surface area contributed by atoms with Gasteiger partial charge in [0.05, 0.1) is 22.4 Å². The van der Waals surface area contributed by atoms with Gasteiger partial charge in [-0.2, -0.15) is 5.26 Å². The molecule has 0 bridgehead atoms. The zero-order valence-electron chi connectivity index (χ0n) is 17.0. The van der Waals surface area contributed by atoms with Gasteiger partial charge in [0.25, 0.3) is 0 Å². The van der Waals surface area contributed by atoms with Gasteiger partial charge in [0, 0.05) is 18.0 Å². The maximum absolute atomic E-state index is 14.3. The van der Waals surface area contributed by atoms with Gasteiger partial charge in [0.15, 0.2) is 0 Å². The second kappa shape index (κ2) is 9.14. The molecule has 0 aromatic heterocycles. The fourth-order valence-corrected chi connectivity index (χ4v) is 4.52. The van der Waals surface area contributed by atoms with E-state index in [1.54, 1.807) is 18.2 Å². The number of carbonyl (C=O) groups excluding carboxylic acids is 2. The van der Waals surface area contributed by atoms with Crippen LogP contribution in [0, 0.1) is 37.9 Å². The molecule has 5 nitrogen and oxygen atoms in total. The normalized spacial score (nSPS) is 16.1. The van der Waals surface area contributed by atoms with Crippen molar-refractivity contribution in [1.82, 2.24) is 5.32 Å². The number of hydrogen-bond acceptors (Lipinski definition) is 4. The molecule has 0 aliphatic carbocycles. The van der Waals surface area contributed by atoms with Gasteiger partial charge < -0.3 is 10.6 Å². The number of nitriles is 1. The van der Waals surface area contributed by atoms with Gasteiger partial charge in [-0.3, -0.25) is 9.59 Å². The molecule has 154 valence electrons. The zero-order chi connectivity index (χ0) is 21.8. The average Bonchev–Trinajstić information content (AvgIpc) is 2.69. The molecule has 1 atom stereocenters. The van der Waals surface area contributed by atoms with Crippen LogP contribution >= 0.6 is 11.8 Å². The molecule has 2 N–H and O–H groups in total. The van der Waals surface area contributed by atoms with Gasteiger partial charge in [-0.25, -0.2) is 4.39 Å². The molecular formula is C23H22FN3O2S. The summed E-state index contributed by atoms with van der Waals surface area (Å²) >= 11 is 1.07. The largest absolute Gasteiger partial charge is 0.325 e. The lowest BCUT2D eigenvalue weighted by atomic mass is 9.87. The molecule has 0 radical (unpaired) electrons. The predicted octanol–water partition coefficient (Wildman–Crippen LogP) is 4.46. The van der Waals surface area contributed by atoms with Crippen molar-refractivity contribution in [1.29, 1.82) is 5.26 Å². The van der Waals surface area contributed by atoms with E-state index in [4.69, 9.17) is 0 Å². The molecule has 1 aliphatic heterocycles. The van der Waals surface area contributed by atoms with Crippen LogP contribution in [0.2, 0.25) is 0 Å². The summed E-state index contributed by atoms with van der Waals surface area (Å²) in [7, 11) is 0. The highest BCUT2D eigenvalue weighted by molar-refractivity contribution is 8.03. The number of benzene rings is 2. The molecule has 0 fully saturated rings. The van der Waals surface area contributed by atoms with E-state index < -0.39 is 11.7 Å². The van der Waals surface area contributed by atoms with Crippen molar-refractivity contribution in [2.24, 2.45) is 0 Å². The van der Waals surface area contributed by atoms with Crippen LogP contribution in [0.5, 0.6) is 0 Å². The van der Waals surface area contributed by atoms with Crippen molar-refractivity contribution >= 4 is 29.3 Å². The van der Waals surface area contributed by atoms with E-state index in [0.29, 0.717) is 10.6 Å². The van der Waals surface area contributed by atoms with E-state index in [1.807, 2.05) is 32.9 Å². The number of amides is 2. The van der Waals surface area contributed by atoms with Gasteiger partial charge in [-0.15, -0.1) is 0 Å². The van der Waals surface area contributed by atoms with E-state index in [9.17, 15) is 19.2 Å². The van der Waals surface area contributed by atoms with Crippen molar-refractivity contribution in [3.05, 3.63) is 75.1 Å². The van der Waals surface area contributed by atoms with Crippen molar-refractivity contribution < 1.29 is 14.0 Å². The van der Waals surface area contributed by atoms with E-state index in [0.717, 1.165) is 34.1 Å². The number of rotatable bonds is 5. The third kappa shape index (κ3) is 4.71. The first-order chi connectivity index (χ1) is 14.3. The molecule has 1 unspecified atom stereocenters. The Labute approximate surface area is 179 Å². The maximum Gasteiger partial charge on any atom is 0.234 e. The average molecular weight is 424 g/mol. The highest BCUT2D eigenvalue weighted by atomic mass is 32.2. The van der Waals surface area contributed by atoms with Crippen molar-refractivity contribution in [3.63, 3.8) is 0 Å². The summed E-state index contributed by atoms with van der Waals surface area (Å²) in [5.74, 6) is -1.68. The lowest BCUT2D eigenvalue weighted by Gasteiger charge is -2.25. The molecule has 2 amide bonds. The predicted molar refractivity (Wildman–Crippen MR) is 116 cm³/mol. The maximum atomic E-state index is 14.3. The Balaban J connectivity index is 1.79. The van der Waals surface area contributed by atoms with E-state index >= 15 is 0 Å². The van der Waals surface area contributed by atoms with E-state index in [-0.39, 0.29) is 29.6 Å². The van der Waals surface area contributed by atoms with Crippen molar-refractivity contribution in [2.75, 3.05) is 11.1 Å². The minimum absolute atomic E-state index is 0.0114. The molecule has 0 saturated heterocycles. The summed E-state index contributed by atoms with van der Waals surface area (Å²) in [6.45, 7) is 5.86. The number of halogens is 1. The molecule has 2 aromatic carbocycles. The first-order valence-corrected chi connectivity index (χ1v) is 10.5. The molecule has 7 heteroatoms. The summed E-state index contributed by atoms with van der Waals surface area (Å²) in [6, 6.07) is 12.2. The molecule has 1 heterocycles. The number of allylic oxidation sites excluding steroid dienone is 1. The molecule has 2 aromatic rings. The van der Waals surface area contributed by atoms with Crippen LogP contribution in [-0.4, -0.2) is 17.6 Å². The Kier molecular flexibility index (Phi) is 6.58. The molecular weight excluding hydrogens is 401 g/mol. The zero-order valence-corrected chi connectivity index (χ0v) is 17.8. The summed E-state index contributed by atoms with van der Waals surface area (Å²) in [4.78, 5) is 24.7. The molecule has 0 saturated carbocycles. The summed E-state index contributed by atoms with van der Waals surface area (Å²) in [6.07, 6.45) is -0.0121. The van der Waals surface area contributed by atoms with Gasteiger partial charge in [0.2, 0.25) is 11.8 Å². The number of thioether (sulfide) groups is 1. The molecule has 30 heavy (non-hydrogen) atoms. The number of anilines is 1. The standard InChI is InChI=1S/C23H22FN3O2S/c1-13-8-14(2)22(15(3)9-13)26-21(29)12-30-23-18(11-25)17(10-20(28)27-23)16-6-4-5-7-19(16)24/h4-9,17H,10,12H2,1-3H3,(H,26,29)(H,27,28). The topological polar surface area (TPSA) is 82.0 Å². The van der Waals surface area contributed by atoms with Crippen molar-refractivity contribution in [2.45, 2.75) is 33.1 Å². The number of aryl methyl sites for hydroxylation is 3. The molecule has 1 aliphatic rings. The smallest absolute Gasteiger partial charge is 0.234 e. The van der Waals surface area contributed by atoms with Crippen LogP contribution in [-0.2, 0) is 9.59 Å². The van der Waals surface area contributed by atoms with Crippen LogP contribution in [0.25, 0.3) is 0 Å². The Morgan fingerprint density at radius 2 is 1.93 bits per heavy atom. The Bertz CT molecular complexity index is 1070. The number of hydrogen-bond donors (Lipinski definition) is 2. The van der Waals surface area contributed by atoms with E-state index in [1.165, 1.54) is 6.07 Å². The van der Waals surface area contributed by atoms with Gasteiger partial charge >= 0.3 is 0 Å². The SMILES string of the molecule is Cc1cc(C)c(NC(=O)CSC2=C(C#N)C(c3ccccc3F)CC(=O)N2)c(C)c1. The summed E-state index contributed by atoms with van der Waals surface area (Å²) < 4.78 is 14.3. The third-order valence-corrected chi connectivity index (χ3v) is 5.94. The minimum atomic E-state index is -0.669. The molecule has 0 spiro atoms. The van der Waals surface area contributed by atoms with Gasteiger partial charge in [-0.05, 0) is 43.5 Å². The Morgan fingerprint density at radius 3 is 2.57 bits per heavy atom.